The number of aliphatic hydroxyl groups excluding tert-OH is 1. The summed E-state index contributed by atoms with van der Waals surface area (Å²) in [5.74, 6) is -0.138. The Kier molecular flexibility index (Phi) is 15.6. The molecule has 0 aromatic heterocycles. The summed E-state index contributed by atoms with van der Waals surface area (Å²) in [6, 6.07) is 0. The van der Waals surface area contributed by atoms with Crippen LogP contribution in [-0.4, -0.2) is 55.3 Å². The SMILES string of the molecule is C=C/C(=C\C=C\F)CC/C=C1/C=C/CN(C)C(=O)/C(C)=C(\O)C1=NC.CC.COC(=O)C1CC1. The molecule has 1 heterocycles. The molecule has 0 spiro atoms. The lowest BCUT2D eigenvalue weighted by Gasteiger charge is -2.15. The maximum Gasteiger partial charge on any atom is 0.308 e. The number of allylic oxidation sites excluding steroid dienone is 7. The van der Waals surface area contributed by atoms with E-state index in [1.54, 1.807) is 33.2 Å². The monoisotopic (exact) mass is 474 g/mol. The molecule has 0 aromatic rings. The number of rotatable bonds is 6. The Morgan fingerprint density at radius 1 is 1.38 bits per heavy atom. The van der Waals surface area contributed by atoms with E-state index in [9.17, 15) is 19.1 Å². The second-order valence-corrected chi connectivity index (χ2v) is 7.39. The molecule has 0 bridgehead atoms. The highest BCUT2D eigenvalue weighted by Crippen LogP contribution is 2.29. The zero-order chi connectivity index (χ0) is 26.1. The van der Waals surface area contributed by atoms with Gasteiger partial charge in [-0.05, 0) is 49.8 Å². The largest absolute Gasteiger partial charge is 0.505 e. The molecule has 0 radical (unpaired) electrons. The first-order valence-corrected chi connectivity index (χ1v) is 11.5. The summed E-state index contributed by atoms with van der Waals surface area (Å²) in [5.41, 5.74) is 2.29. The van der Waals surface area contributed by atoms with Crippen molar-refractivity contribution in [1.29, 1.82) is 0 Å². The zero-order valence-electron chi connectivity index (χ0n) is 21.3. The van der Waals surface area contributed by atoms with Gasteiger partial charge < -0.3 is 14.7 Å². The van der Waals surface area contributed by atoms with E-state index in [1.165, 1.54) is 18.1 Å². The number of halogens is 1. The van der Waals surface area contributed by atoms with Crippen LogP contribution in [0.15, 0.2) is 76.8 Å². The van der Waals surface area contributed by atoms with Crippen LogP contribution in [0, 0.1) is 5.92 Å². The highest BCUT2D eigenvalue weighted by atomic mass is 19.1. The van der Waals surface area contributed by atoms with Gasteiger partial charge in [-0.15, -0.1) is 0 Å². The van der Waals surface area contributed by atoms with Crippen molar-refractivity contribution < 1.29 is 23.8 Å². The number of methoxy groups -OCH3 is 1. The standard InChI is InChI=1S/C20H25FN2O2.C5H8O2.C2H6/c1-5-16(10-7-13-21)9-6-11-17-12-8-14-23(4)20(25)15(2)19(24)18(17)22-3;1-7-5(6)4-2-3-4;1-2/h5,7-8,10-13,24H,1,6,9,14H2,2-4H3;4H,2-3H2,1H3;1-2H3/b12-8+,13-7+,16-10+,17-11-,19-15-,22-18?;;. The summed E-state index contributed by atoms with van der Waals surface area (Å²) in [4.78, 5) is 28.2. The van der Waals surface area contributed by atoms with Gasteiger partial charge in [0, 0.05) is 20.6 Å². The van der Waals surface area contributed by atoms with E-state index in [4.69, 9.17) is 0 Å². The van der Waals surface area contributed by atoms with Gasteiger partial charge in [-0.1, -0.05) is 50.8 Å². The van der Waals surface area contributed by atoms with Crippen LogP contribution in [0.3, 0.4) is 0 Å². The fourth-order valence-corrected chi connectivity index (χ4v) is 2.89. The molecule has 1 amide bonds. The number of hydrogen-bond acceptors (Lipinski definition) is 5. The van der Waals surface area contributed by atoms with E-state index in [0.29, 0.717) is 31.4 Å². The minimum atomic E-state index is -0.237. The molecule has 1 aliphatic carbocycles. The Morgan fingerprint density at radius 3 is 2.50 bits per heavy atom. The fourth-order valence-electron chi connectivity index (χ4n) is 2.89. The zero-order valence-corrected chi connectivity index (χ0v) is 21.3. The molecule has 0 atom stereocenters. The average molecular weight is 475 g/mol. The molecule has 1 saturated carbocycles. The average Bonchev–Trinajstić information content (AvgIpc) is 3.71. The topological polar surface area (TPSA) is 79.2 Å². The lowest BCUT2D eigenvalue weighted by Crippen LogP contribution is -2.28. The van der Waals surface area contributed by atoms with Gasteiger partial charge in [0.25, 0.3) is 5.91 Å². The molecule has 0 saturated heterocycles. The number of esters is 1. The van der Waals surface area contributed by atoms with Crippen LogP contribution in [0.2, 0.25) is 0 Å². The van der Waals surface area contributed by atoms with Crippen LogP contribution >= 0.6 is 0 Å². The molecule has 0 unspecified atom stereocenters. The Bertz CT molecular complexity index is 875. The van der Waals surface area contributed by atoms with Crippen molar-refractivity contribution in [2.45, 2.75) is 46.5 Å². The first-order valence-electron chi connectivity index (χ1n) is 11.5. The summed E-state index contributed by atoms with van der Waals surface area (Å²) >= 11 is 0. The molecule has 1 aliphatic heterocycles. The van der Waals surface area contributed by atoms with Crippen LogP contribution in [-0.2, 0) is 14.3 Å². The highest BCUT2D eigenvalue weighted by molar-refractivity contribution is 6.16. The lowest BCUT2D eigenvalue weighted by atomic mass is 10.0. The van der Waals surface area contributed by atoms with Crippen molar-refractivity contribution in [3.63, 3.8) is 0 Å². The predicted molar refractivity (Wildman–Crippen MR) is 137 cm³/mol. The molecule has 1 N–H and O–H groups in total. The molecule has 1 fully saturated rings. The number of aliphatic hydroxyl groups is 1. The van der Waals surface area contributed by atoms with Crippen LogP contribution in [0.5, 0.6) is 0 Å². The van der Waals surface area contributed by atoms with Gasteiger partial charge in [-0.2, -0.15) is 0 Å². The predicted octanol–water partition coefficient (Wildman–Crippen LogP) is 5.82. The molecule has 7 heteroatoms. The minimum Gasteiger partial charge on any atom is -0.505 e. The number of carbonyl (C=O) groups excluding carboxylic acids is 2. The van der Waals surface area contributed by atoms with E-state index in [0.717, 1.165) is 24.0 Å². The van der Waals surface area contributed by atoms with Gasteiger partial charge in [0.15, 0.2) is 0 Å². The molecule has 6 nitrogen and oxygen atoms in total. The van der Waals surface area contributed by atoms with E-state index in [2.05, 4.69) is 16.3 Å². The Labute approximate surface area is 203 Å². The maximum atomic E-state index is 12.2. The fraction of sp³-hybridized carbons (Fsp3) is 0.444. The van der Waals surface area contributed by atoms with E-state index in [-0.39, 0.29) is 29.1 Å². The molecule has 2 aliphatic rings. The smallest absolute Gasteiger partial charge is 0.308 e. The number of aliphatic imine (C=N–C) groups is 1. The van der Waals surface area contributed by atoms with Gasteiger partial charge in [0.05, 0.1) is 24.9 Å². The first kappa shape index (κ1) is 30.8. The molecular weight excluding hydrogens is 435 g/mol. The molecule has 34 heavy (non-hydrogen) atoms. The van der Waals surface area contributed by atoms with Crippen molar-refractivity contribution in [3.05, 3.63) is 71.8 Å². The minimum absolute atomic E-state index is 0.0417. The summed E-state index contributed by atoms with van der Waals surface area (Å²) in [7, 11) is 4.69. The normalized spacial score (nSPS) is 22.1. The number of nitrogens with zero attached hydrogens (tertiary/aromatic N) is 2. The summed E-state index contributed by atoms with van der Waals surface area (Å²) in [6.07, 6.45) is 14.2. The summed E-state index contributed by atoms with van der Waals surface area (Å²) in [6.45, 7) is 9.74. The summed E-state index contributed by atoms with van der Waals surface area (Å²) in [5, 5.41) is 10.4. The van der Waals surface area contributed by atoms with Gasteiger partial charge >= 0.3 is 5.97 Å². The summed E-state index contributed by atoms with van der Waals surface area (Å²) < 4.78 is 16.5. The third-order valence-electron chi connectivity index (χ3n) is 4.98. The van der Waals surface area contributed by atoms with Gasteiger partial charge in [0.2, 0.25) is 0 Å². The molecule has 188 valence electrons. The third-order valence-corrected chi connectivity index (χ3v) is 4.98. The van der Waals surface area contributed by atoms with Crippen molar-refractivity contribution >= 4 is 17.6 Å². The number of ether oxygens (including phenoxy) is 1. The van der Waals surface area contributed by atoms with Crippen molar-refractivity contribution in [2.24, 2.45) is 10.9 Å². The van der Waals surface area contributed by atoms with E-state index >= 15 is 0 Å². The van der Waals surface area contributed by atoms with E-state index < -0.39 is 0 Å². The maximum absolute atomic E-state index is 12.2. The van der Waals surface area contributed by atoms with Crippen LogP contribution in [0.4, 0.5) is 4.39 Å². The van der Waals surface area contributed by atoms with Gasteiger partial charge in [0.1, 0.15) is 11.5 Å². The van der Waals surface area contributed by atoms with Gasteiger partial charge in [-0.25, -0.2) is 4.39 Å². The Hall–Kier alpha value is -3.22. The molecule has 2 rings (SSSR count). The van der Waals surface area contributed by atoms with Crippen molar-refractivity contribution in [1.82, 2.24) is 4.90 Å². The second kappa shape index (κ2) is 17.3. The Balaban J connectivity index is 0.00000101. The van der Waals surface area contributed by atoms with E-state index in [1.807, 2.05) is 32.1 Å². The van der Waals surface area contributed by atoms with Gasteiger partial charge in [-0.3, -0.25) is 14.6 Å². The van der Waals surface area contributed by atoms with Crippen molar-refractivity contribution in [2.75, 3.05) is 27.7 Å². The number of amides is 1. The van der Waals surface area contributed by atoms with Crippen molar-refractivity contribution in [3.8, 4) is 0 Å². The second-order valence-electron chi connectivity index (χ2n) is 7.39. The van der Waals surface area contributed by atoms with Crippen LogP contribution in [0.1, 0.15) is 46.5 Å². The Morgan fingerprint density at radius 2 is 2.03 bits per heavy atom. The van der Waals surface area contributed by atoms with Crippen LogP contribution < -0.4 is 0 Å². The number of hydrogen-bond donors (Lipinski definition) is 1. The number of carbonyl (C=O) groups is 2. The lowest BCUT2D eigenvalue weighted by molar-refractivity contribution is -0.142. The quantitative estimate of drug-likeness (QED) is 0.389. The third kappa shape index (κ3) is 10.6. The first-order chi connectivity index (χ1) is 16.3. The highest BCUT2D eigenvalue weighted by Gasteiger charge is 2.30. The molecule has 0 aromatic carbocycles. The number of likely N-dealkylation sites (N-methyl/N-ethyl adjacent to an activating group) is 1. The van der Waals surface area contributed by atoms with Crippen LogP contribution in [0.25, 0.3) is 0 Å². The molecular formula is C27H39FN2O4.